The first kappa shape index (κ1) is 13.9. The Labute approximate surface area is 104 Å². The van der Waals surface area contributed by atoms with Crippen molar-refractivity contribution in [3.05, 3.63) is 33.9 Å². The number of aliphatic hydroxyl groups excluding tert-OH is 1. The molecule has 1 atom stereocenters. The summed E-state index contributed by atoms with van der Waals surface area (Å²) < 4.78 is 0. The van der Waals surface area contributed by atoms with Crippen LogP contribution in [0.15, 0.2) is 18.2 Å². The zero-order chi connectivity index (χ0) is 13.9. The van der Waals surface area contributed by atoms with Crippen LogP contribution in [0.3, 0.4) is 0 Å². The minimum absolute atomic E-state index is 0.0792. The summed E-state index contributed by atoms with van der Waals surface area (Å²) in [5, 5.41) is 20.0. The normalized spacial score (nSPS) is 11.9. The zero-order valence-electron chi connectivity index (χ0n) is 10.2. The van der Waals surface area contributed by atoms with Gasteiger partial charge in [0.25, 0.3) is 5.69 Å². The smallest absolute Gasteiger partial charge is 0.293 e. The van der Waals surface area contributed by atoms with Gasteiger partial charge in [0, 0.05) is 24.7 Å². The molecule has 1 aromatic rings. The van der Waals surface area contributed by atoms with Crippen LogP contribution < -0.4 is 10.6 Å². The Kier molecular flexibility index (Phi) is 4.22. The van der Waals surface area contributed by atoms with Gasteiger partial charge in [0.05, 0.1) is 11.5 Å². The summed E-state index contributed by atoms with van der Waals surface area (Å²) in [7, 11) is 1.63. The Morgan fingerprint density at radius 1 is 1.61 bits per heavy atom. The second-order valence-corrected chi connectivity index (χ2v) is 3.97. The molecule has 0 bridgehead atoms. The number of rotatable bonds is 5. The molecule has 18 heavy (non-hydrogen) atoms. The molecule has 0 heterocycles. The number of nitrogens with two attached hydrogens (primary N) is 1. The van der Waals surface area contributed by atoms with Crippen LogP contribution in [0.5, 0.6) is 0 Å². The molecule has 0 fully saturated rings. The molecule has 1 rings (SSSR count). The maximum Gasteiger partial charge on any atom is 0.293 e. The van der Waals surface area contributed by atoms with E-state index in [1.165, 1.54) is 12.1 Å². The summed E-state index contributed by atoms with van der Waals surface area (Å²) in [5.41, 5.74) is 5.27. The molecule has 0 spiro atoms. The minimum Gasteiger partial charge on any atom is -0.394 e. The lowest BCUT2D eigenvalue weighted by Gasteiger charge is -2.25. The van der Waals surface area contributed by atoms with Crippen LogP contribution >= 0.6 is 0 Å². The Hall–Kier alpha value is -2.15. The minimum atomic E-state index is -0.720. The largest absolute Gasteiger partial charge is 0.394 e. The zero-order valence-corrected chi connectivity index (χ0v) is 10.2. The lowest BCUT2D eigenvalue weighted by atomic mass is 10.1. The Bertz CT molecular complexity index is 475. The van der Waals surface area contributed by atoms with E-state index in [0.29, 0.717) is 5.69 Å². The fourth-order valence-corrected chi connectivity index (χ4v) is 1.48. The van der Waals surface area contributed by atoms with Crippen molar-refractivity contribution in [1.29, 1.82) is 0 Å². The molecule has 0 radical (unpaired) electrons. The molecule has 3 N–H and O–H groups in total. The molecule has 0 aliphatic heterocycles. The van der Waals surface area contributed by atoms with Crippen molar-refractivity contribution in [2.75, 3.05) is 18.6 Å². The highest BCUT2D eigenvalue weighted by molar-refractivity contribution is 5.94. The summed E-state index contributed by atoms with van der Waals surface area (Å²) in [6.45, 7) is 1.59. The van der Waals surface area contributed by atoms with Crippen LogP contribution in [0.2, 0.25) is 0 Å². The first-order chi connectivity index (χ1) is 8.38. The van der Waals surface area contributed by atoms with Gasteiger partial charge in [-0.15, -0.1) is 0 Å². The summed E-state index contributed by atoms with van der Waals surface area (Å²) in [4.78, 5) is 23.0. The molecule has 0 saturated carbocycles. The number of nitro benzene ring substituents is 1. The number of nitrogens with zero attached hydrogens (tertiary/aromatic N) is 2. The molecular formula is C11H15N3O4. The summed E-state index contributed by atoms with van der Waals surface area (Å²) in [6.07, 6.45) is 0. The van der Waals surface area contributed by atoms with E-state index < -0.39 is 10.8 Å². The van der Waals surface area contributed by atoms with Gasteiger partial charge in [-0.25, -0.2) is 0 Å². The van der Waals surface area contributed by atoms with E-state index in [0.717, 1.165) is 6.07 Å². The molecule has 98 valence electrons. The number of amides is 1. The standard InChI is InChI=1S/C11H15N3O4/c1-7(6-15)13(2)9-4-3-8(11(12)16)5-10(9)14(17)18/h3-5,7,15H,6H2,1-2H3,(H2,12,16). The third-order valence-corrected chi connectivity index (χ3v) is 2.76. The van der Waals surface area contributed by atoms with Crippen LogP contribution in [0, 0.1) is 10.1 Å². The molecule has 0 aliphatic rings. The van der Waals surface area contributed by atoms with Gasteiger partial charge in [0.15, 0.2) is 0 Å². The molecule has 7 nitrogen and oxygen atoms in total. The third kappa shape index (κ3) is 2.75. The number of carbonyl (C=O) groups excluding carboxylic acids is 1. The number of benzene rings is 1. The number of nitro groups is 1. The quantitative estimate of drug-likeness (QED) is 0.587. The van der Waals surface area contributed by atoms with E-state index in [4.69, 9.17) is 10.8 Å². The number of likely N-dealkylation sites (N-methyl/N-ethyl adjacent to an activating group) is 1. The van der Waals surface area contributed by atoms with Crippen molar-refractivity contribution in [3.8, 4) is 0 Å². The molecule has 0 saturated heterocycles. The number of primary amides is 1. The maximum atomic E-state index is 11.0. The van der Waals surface area contributed by atoms with E-state index >= 15 is 0 Å². The van der Waals surface area contributed by atoms with Gasteiger partial charge in [-0.3, -0.25) is 14.9 Å². The highest BCUT2D eigenvalue weighted by Gasteiger charge is 2.21. The fourth-order valence-electron chi connectivity index (χ4n) is 1.48. The molecular weight excluding hydrogens is 238 g/mol. The van der Waals surface area contributed by atoms with Crippen molar-refractivity contribution < 1.29 is 14.8 Å². The summed E-state index contributed by atoms with van der Waals surface area (Å²) in [5.74, 6) is -0.720. The Morgan fingerprint density at radius 3 is 2.67 bits per heavy atom. The van der Waals surface area contributed by atoms with Gasteiger partial charge in [0.2, 0.25) is 5.91 Å². The molecule has 0 aromatic heterocycles. The molecule has 1 unspecified atom stereocenters. The predicted molar refractivity (Wildman–Crippen MR) is 66.6 cm³/mol. The van der Waals surface area contributed by atoms with Crippen LogP contribution in [0.4, 0.5) is 11.4 Å². The van der Waals surface area contributed by atoms with E-state index in [-0.39, 0.29) is 23.9 Å². The van der Waals surface area contributed by atoms with E-state index in [1.807, 2.05) is 0 Å². The highest BCUT2D eigenvalue weighted by Crippen LogP contribution is 2.29. The first-order valence-corrected chi connectivity index (χ1v) is 5.30. The highest BCUT2D eigenvalue weighted by atomic mass is 16.6. The molecule has 1 aromatic carbocycles. The van der Waals surface area contributed by atoms with Crippen LogP contribution in [0.25, 0.3) is 0 Å². The topological polar surface area (TPSA) is 110 Å². The number of hydrogen-bond donors (Lipinski definition) is 2. The van der Waals surface area contributed by atoms with Crippen molar-refractivity contribution in [3.63, 3.8) is 0 Å². The Balaban J connectivity index is 3.27. The third-order valence-electron chi connectivity index (χ3n) is 2.76. The van der Waals surface area contributed by atoms with Crippen LogP contribution in [-0.4, -0.2) is 35.6 Å². The maximum absolute atomic E-state index is 11.0. The second kappa shape index (κ2) is 5.46. The van der Waals surface area contributed by atoms with Crippen molar-refractivity contribution in [2.45, 2.75) is 13.0 Å². The van der Waals surface area contributed by atoms with Gasteiger partial charge >= 0.3 is 0 Å². The van der Waals surface area contributed by atoms with E-state index in [1.54, 1.807) is 18.9 Å². The predicted octanol–water partition coefficient (Wildman–Crippen LogP) is 0.511. The average Bonchev–Trinajstić information content (AvgIpc) is 2.35. The fraction of sp³-hybridized carbons (Fsp3) is 0.364. The summed E-state index contributed by atoms with van der Waals surface area (Å²) in [6, 6.07) is 3.73. The number of anilines is 1. The van der Waals surface area contributed by atoms with Gasteiger partial charge in [-0.05, 0) is 19.1 Å². The van der Waals surface area contributed by atoms with Crippen molar-refractivity contribution >= 4 is 17.3 Å². The van der Waals surface area contributed by atoms with E-state index in [2.05, 4.69) is 0 Å². The van der Waals surface area contributed by atoms with Gasteiger partial charge in [-0.2, -0.15) is 0 Å². The van der Waals surface area contributed by atoms with Crippen LogP contribution in [-0.2, 0) is 0 Å². The first-order valence-electron chi connectivity index (χ1n) is 5.30. The van der Waals surface area contributed by atoms with Gasteiger partial charge in [-0.1, -0.05) is 0 Å². The summed E-state index contributed by atoms with van der Waals surface area (Å²) >= 11 is 0. The SMILES string of the molecule is CC(CO)N(C)c1ccc(C(N)=O)cc1[N+](=O)[O-]. The van der Waals surface area contributed by atoms with Crippen molar-refractivity contribution in [2.24, 2.45) is 5.73 Å². The molecule has 1 amide bonds. The number of hydrogen-bond acceptors (Lipinski definition) is 5. The molecule has 7 heteroatoms. The second-order valence-electron chi connectivity index (χ2n) is 3.97. The van der Waals surface area contributed by atoms with Crippen molar-refractivity contribution in [1.82, 2.24) is 0 Å². The number of aliphatic hydroxyl groups is 1. The molecule has 0 aliphatic carbocycles. The van der Waals surface area contributed by atoms with Gasteiger partial charge in [0.1, 0.15) is 5.69 Å². The monoisotopic (exact) mass is 253 g/mol. The number of carbonyl (C=O) groups is 1. The average molecular weight is 253 g/mol. The lowest BCUT2D eigenvalue weighted by molar-refractivity contribution is -0.384. The Morgan fingerprint density at radius 2 is 2.22 bits per heavy atom. The lowest BCUT2D eigenvalue weighted by Crippen LogP contribution is -2.32. The van der Waals surface area contributed by atoms with Gasteiger partial charge < -0.3 is 15.7 Å². The van der Waals surface area contributed by atoms with E-state index in [9.17, 15) is 14.9 Å². The van der Waals surface area contributed by atoms with Crippen LogP contribution in [0.1, 0.15) is 17.3 Å².